The maximum atomic E-state index is 14.2. The van der Waals surface area contributed by atoms with E-state index < -0.39 is 12.5 Å². The molecule has 4 aliphatic heterocycles. The number of carbonyl (C=O) groups is 3. The van der Waals surface area contributed by atoms with Crippen molar-refractivity contribution >= 4 is 29.6 Å². The van der Waals surface area contributed by atoms with E-state index in [1.54, 1.807) is 29.2 Å². The predicted octanol–water partition coefficient (Wildman–Crippen LogP) is 5.30. The number of alkyl halides is 2. The zero-order chi connectivity index (χ0) is 37.1. The maximum Gasteiger partial charge on any atom is 0.410 e. The van der Waals surface area contributed by atoms with E-state index in [0.717, 1.165) is 44.6 Å². The minimum atomic E-state index is -2.85. The molecule has 2 amide bonds. The number of piperidine rings is 3. The summed E-state index contributed by atoms with van der Waals surface area (Å²) >= 11 is 6.13. The van der Waals surface area contributed by atoms with E-state index in [9.17, 15) is 23.2 Å². The van der Waals surface area contributed by atoms with Crippen molar-refractivity contribution in [1.82, 2.24) is 34.4 Å². The average Bonchev–Trinajstić information content (AvgIpc) is 3.81. The minimum Gasteiger partial charge on any atom is -0.489 e. The number of rotatable bonds is 11. The zero-order valence-corrected chi connectivity index (χ0v) is 30.4. The van der Waals surface area contributed by atoms with Crippen LogP contribution in [-0.2, 0) is 20.8 Å². The number of halogens is 3. The van der Waals surface area contributed by atoms with Gasteiger partial charge in [-0.1, -0.05) is 23.7 Å². The first-order valence-electron chi connectivity index (χ1n) is 18.2. The van der Waals surface area contributed by atoms with Crippen LogP contribution in [0.5, 0.6) is 5.75 Å². The average molecular weight is 756 g/mol. The number of pyridine rings is 1. The van der Waals surface area contributed by atoms with Gasteiger partial charge in [-0.15, -0.1) is 0 Å². The van der Waals surface area contributed by atoms with Crippen molar-refractivity contribution in [3.05, 3.63) is 65.2 Å². The Labute approximate surface area is 311 Å². The lowest BCUT2D eigenvalue weighted by molar-refractivity contribution is -0.154. The fourth-order valence-corrected chi connectivity index (χ4v) is 7.80. The topological polar surface area (TPSA) is 123 Å². The number of cyclic esters (lactones) is 1. The van der Waals surface area contributed by atoms with Gasteiger partial charge in [0.25, 0.3) is 5.91 Å². The van der Waals surface area contributed by atoms with Crippen LogP contribution >= 0.6 is 11.6 Å². The van der Waals surface area contributed by atoms with E-state index in [1.165, 1.54) is 29.6 Å². The SMILES string of the molecule is CN1CCC(N2CCC(C(=O)OCN(Cc3ccc(Cl)cc3)C(=O)c3cc(O[C@H]4CCN5C(=O)OC[C@@H]5C4)c(-c4cnn(C(F)F)c4)cn3)CC2)CC1. The Bertz CT molecular complexity index is 1760. The fraction of sp³-hybridized carbons (Fsp3) is 0.541. The quantitative estimate of drug-likeness (QED) is 0.188. The smallest absolute Gasteiger partial charge is 0.410 e. The molecule has 0 saturated carbocycles. The highest BCUT2D eigenvalue weighted by Crippen LogP contribution is 2.35. The van der Waals surface area contributed by atoms with Crippen molar-refractivity contribution in [1.29, 1.82) is 0 Å². The number of hydrogen-bond acceptors (Lipinski definition) is 10. The first-order chi connectivity index (χ1) is 25.6. The third-order valence-corrected chi connectivity index (χ3v) is 11.0. The van der Waals surface area contributed by atoms with Gasteiger partial charge in [0.2, 0.25) is 0 Å². The van der Waals surface area contributed by atoms with Gasteiger partial charge in [-0.25, -0.2) is 9.48 Å². The van der Waals surface area contributed by atoms with E-state index in [0.29, 0.717) is 59.1 Å². The molecule has 53 heavy (non-hydrogen) atoms. The van der Waals surface area contributed by atoms with Gasteiger partial charge in [0.15, 0.2) is 6.73 Å². The second-order valence-corrected chi connectivity index (χ2v) is 14.7. The van der Waals surface area contributed by atoms with Crippen molar-refractivity contribution in [3.63, 3.8) is 0 Å². The number of carbonyl (C=O) groups excluding carboxylic acids is 3. The van der Waals surface area contributed by atoms with Crippen molar-refractivity contribution in [2.24, 2.45) is 5.92 Å². The molecule has 0 bridgehead atoms. The van der Waals surface area contributed by atoms with Gasteiger partial charge in [-0.3, -0.25) is 19.5 Å². The van der Waals surface area contributed by atoms with Crippen LogP contribution in [0.3, 0.4) is 0 Å². The molecule has 0 N–H and O–H groups in total. The Morgan fingerprint density at radius 2 is 1.77 bits per heavy atom. The molecule has 16 heteroatoms. The third kappa shape index (κ3) is 8.73. The molecule has 284 valence electrons. The predicted molar refractivity (Wildman–Crippen MR) is 189 cm³/mol. The number of nitrogens with zero attached hydrogens (tertiary/aromatic N) is 7. The summed E-state index contributed by atoms with van der Waals surface area (Å²) < 4.78 is 44.9. The normalized spacial score (nSPS) is 21.8. The molecular formula is C37H44ClF2N7O6. The Kier molecular flexibility index (Phi) is 11.4. The lowest BCUT2D eigenvalue weighted by Crippen LogP contribution is -2.48. The molecule has 1 aromatic carbocycles. The lowest BCUT2D eigenvalue weighted by atomic mass is 9.93. The molecule has 2 atom stereocenters. The number of benzene rings is 1. The molecular weight excluding hydrogens is 712 g/mol. The third-order valence-electron chi connectivity index (χ3n) is 10.8. The highest BCUT2D eigenvalue weighted by Gasteiger charge is 2.39. The molecule has 0 unspecified atom stereocenters. The van der Waals surface area contributed by atoms with Crippen molar-refractivity contribution in [2.75, 3.05) is 53.1 Å². The monoisotopic (exact) mass is 755 g/mol. The Balaban J connectivity index is 1.08. The molecule has 4 aliphatic rings. The summed E-state index contributed by atoms with van der Waals surface area (Å²) in [5.74, 6) is -0.871. The number of ether oxygens (including phenoxy) is 3. The molecule has 7 rings (SSSR count). The van der Waals surface area contributed by atoms with Crippen molar-refractivity contribution < 1.29 is 37.4 Å². The Morgan fingerprint density at radius 3 is 2.49 bits per heavy atom. The second kappa shape index (κ2) is 16.4. The summed E-state index contributed by atoms with van der Waals surface area (Å²) in [5, 5.41) is 4.31. The Hall–Kier alpha value is -4.34. The standard InChI is InChI=1S/C37H44ClF2N7O6/c1-43-11-8-28(9-12-43)44-13-6-25(7-14-44)35(49)52-23-45(20-24-2-4-27(38)5-3-24)34(48)32-17-33(31(19-41-32)26-18-42-47(21-26)36(39)40)53-30-10-15-46-29(16-30)22-51-37(46)50/h2-5,17-19,21,25,28-30,36H,6-16,20,22-23H2,1H3/t29-,30-/m0/s1. The van der Waals surface area contributed by atoms with E-state index in [-0.39, 0.29) is 61.5 Å². The van der Waals surface area contributed by atoms with Crippen LogP contribution in [0.25, 0.3) is 11.1 Å². The number of likely N-dealkylation sites (tertiary alicyclic amines) is 2. The number of aromatic nitrogens is 3. The van der Waals surface area contributed by atoms with Crippen LogP contribution < -0.4 is 4.74 Å². The molecule has 4 saturated heterocycles. The van der Waals surface area contributed by atoms with Gasteiger partial charge < -0.3 is 28.9 Å². The number of esters is 1. The molecule has 0 spiro atoms. The van der Waals surface area contributed by atoms with Crippen molar-refractivity contribution in [3.8, 4) is 16.9 Å². The van der Waals surface area contributed by atoms with Crippen LogP contribution in [0.2, 0.25) is 5.02 Å². The summed E-state index contributed by atoms with van der Waals surface area (Å²) in [6.45, 7) is 1.47. The minimum absolute atomic E-state index is 0.0123. The first-order valence-corrected chi connectivity index (χ1v) is 18.5. The largest absolute Gasteiger partial charge is 0.489 e. The van der Waals surface area contributed by atoms with Gasteiger partial charge in [-0.05, 0) is 76.6 Å². The molecule has 0 radical (unpaired) electrons. The zero-order valence-electron chi connectivity index (χ0n) is 29.6. The molecule has 13 nitrogen and oxygen atoms in total. The lowest BCUT2D eigenvalue weighted by Gasteiger charge is -2.40. The fourth-order valence-electron chi connectivity index (χ4n) is 7.67. The molecule has 4 fully saturated rings. The van der Waals surface area contributed by atoms with Crippen LogP contribution in [0, 0.1) is 5.92 Å². The summed E-state index contributed by atoms with van der Waals surface area (Å²) in [5.41, 5.74) is 1.48. The maximum absolute atomic E-state index is 14.2. The van der Waals surface area contributed by atoms with Crippen LogP contribution in [0.1, 0.15) is 61.1 Å². The van der Waals surface area contributed by atoms with Crippen LogP contribution in [-0.4, -0.2) is 124 Å². The molecule has 3 aromatic rings. The van der Waals surface area contributed by atoms with E-state index >= 15 is 0 Å². The van der Waals surface area contributed by atoms with Gasteiger partial charge in [0.05, 0.1) is 18.2 Å². The van der Waals surface area contributed by atoms with Gasteiger partial charge in [0.1, 0.15) is 24.2 Å². The summed E-state index contributed by atoms with van der Waals surface area (Å²) in [6, 6.07) is 8.89. The number of hydrogen-bond donors (Lipinski definition) is 0. The molecule has 0 aliphatic carbocycles. The summed E-state index contributed by atoms with van der Waals surface area (Å²) in [7, 11) is 2.15. The highest BCUT2D eigenvalue weighted by molar-refractivity contribution is 6.30. The molecule has 6 heterocycles. The summed E-state index contributed by atoms with van der Waals surface area (Å²) in [4.78, 5) is 52.0. The Morgan fingerprint density at radius 1 is 1.02 bits per heavy atom. The van der Waals surface area contributed by atoms with Crippen LogP contribution in [0.15, 0.2) is 48.9 Å². The highest BCUT2D eigenvalue weighted by atomic mass is 35.5. The van der Waals surface area contributed by atoms with E-state index in [2.05, 4.69) is 26.9 Å². The van der Waals surface area contributed by atoms with E-state index in [1.807, 2.05) is 0 Å². The van der Waals surface area contributed by atoms with Gasteiger partial charge >= 0.3 is 18.6 Å². The van der Waals surface area contributed by atoms with E-state index in [4.69, 9.17) is 25.8 Å². The van der Waals surface area contributed by atoms with Crippen LogP contribution in [0.4, 0.5) is 13.6 Å². The number of amides is 2. The summed E-state index contributed by atoms with van der Waals surface area (Å²) in [6.07, 6.45) is 7.81. The van der Waals surface area contributed by atoms with Gasteiger partial charge in [0, 0.05) is 66.6 Å². The second-order valence-electron chi connectivity index (χ2n) is 14.3. The first kappa shape index (κ1) is 37.0. The van der Waals surface area contributed by atoms with Crippen molar-refractivity contribution in [2.45, 2.75) is 69.8 Å². The number of fused-ring (bicyclic) bond motifs is 1. The molecule has 2 aromatic heterocycles. The van der Waals surface area contributed by atoms with Gasteiger partial charge in [-0.2, -0.15) is 13.9 Å².